The van der Waals surface area contributed by atoms with Gasteiger partial charge >= 0.3 is 0 Å². The topological polar surface area (TPSA) is 64.5 Å². The highest BCUT2D eigenvalue weighted by Crippen LogP contribution is 2.39. The minimum absolute atomic E-state index is 0.124. The third-order valence-electron chi connectivity index (χ3n) is 6.91. The van der Waals surface area contributed by atoms with Crippen LogP contribution >= 0.6 is 11.3 Å². The molecule has 6 nitrogen and oxygen atoms in total. The number of aromatic nitrogens is 2. The van der Waals surface area contributed by atoms with Gasteiger partial charge < -0.3 is 14.4 Å². The molecule has 7 rings (SSSR count). The number of carbonyl (C=O) groups excluding carboxylic acids is 1. The fourth-order valence-electron chi connectivity index (χ4n) is 4.95. The van der Waals surface area contributed by atoms with Crippen molar-refractivity contribution in [3.8, 4) is 22.6 Å². The van der Waals surface area contributed by atoms with Crippen LogP contribution in [0.15, 0.2) is 72.4 Å². The van der Waals surface area contributed by atoms with E-state index in [1.54, 1.807) is 46.1 Å². The molecule has 0 saturated carbocycles. The minimum Gasteiger partial charge on any atom is -0.457 e. The number of ether oxygens (including phenoxy) is 2. The molecule has 2 aliphatic heterocycles. The summed E-state index contributed by atoms with van der Waals surface area (Å²) in [7, 11) is 0. The van der Waals surface area contributed by atoms with Crippen molar-refractivity contribution in [3.63, 3.8) is 0 Å². The first-order chi connectivity index (χ1) is 17.6. The molecule has 4 heterocycles. The molecule has 2 aliphatic rings. The summed E-state index contributed by atoms with van der Waals surface area (Å²) in [4.78, 5) is 23.3. The van der Waals surface area contributed by atoms with E-state index in [0.29, 0.717) is 54.5 Å². The normalized spacial score (nSPS) is 16.2. The maximum absolute atomic E-state index is 15.2. The number of pyridine rings is 1. The highest BCUT2D eigenvalue weighted by atomic mass is 32.1. The number of amides is 1. The van der Waals surface area contributed by atoms with Crippen molar-refractivity contribution in [2.24, 2.45) is 5.41 Å². The maximum atomic E-state index is 15.2. The van der Waals surface area contributed by atoms with Gasteiger partial charge in [-0.15, -0.1) is 11.3 Å². The number of hydrogen-bond donors (Lipinski definition) is 0. The molecule has 3 aromatic carbocycles. The summed E-state index contributed by atoms with van der Waals surface area (Å²) >= 11 is 1.58. The zero-order valence-electron chi connectivity index (χ0n) is 19.1. The van der Waals surface area contributed by atoms with Gasteiger partial charge in [0.1, 0.15) is 17.3 Å². The highest BCUT2D eigenvalue weighted by molar-refractivity contribution is 7.16. The molecule has 2 aromatic heterocycles. The van der Waals surface area contributed by atoms with E-state index in [-0.39, 0.29) is 11.3 Å². The van der Waals surface area contributed by atoms with Crippen LogP contribution in [-0.2, 0) is 4.74 Å². The lowest BCUT2D eigenvalue weighted by atomic mass is 9.78. The molecule has 0 N–H and O–H groups in total. The van der Waals surface area contributed by atoms with Gasteiger partial charge in [-0.25, -0.2) is 9.37 Å². The van der Waals surface area contributed by atoms with Gasteiger partial charge in [-0.1, -0.05) is 12.1 Å². The molecule has 2 fully saturated rings. The van der Waals surface area contributed by atoms with Crippen LogP contribution in [-0.4, -0.2) is 47.1 Å². The number of rotatable bonds is 4. The molecular weight excluding hydrogens is 477 g/mol. The molecule has 0 unspecified atom stereocenters. The predicted molar refractivity (Wildman–Crippen MR) is 136 cm³/mol. The van der Waals surface area contributed by atoms with Crippen molar-refractivity contribution < 1.29 is 18.7 Å². The maximum Gasteiger partial charge on any atom is 0.254 e. The van der Waals surface area contributed by atoms with Crippen molar-refractivity contribution in [1.29, 1.82) is 0 Å². The zero-order valence-corrected chi connectivity index (χ0v) is 19.9. The number of nitrogens with zero attached hydrogens (tertiary/aromatic N) is 3. The van der Waals surface area contributed by atoms with E-state index in [0.717, 1.165) is 21.1 Å². The van der Waals surface area contributed by atoms with Gasteiger partial charge in [0.15, 0.2) is 0 Å². The average molecular weight is 498 g/mol. The first kappa shape index (κ1) is 21.4. The molecule has 2 saturated heterocycles. The van der Waals surface area contributed by atoms with E-state index in [1.165, 1.54) is 6.07 Å². The molecule has 1 spiro atoms. The van der Waals surface area contributed by atoms with Gasteiger partial charge in [-0.05, 0) is 48.0 Å². The molecule has 5 aromatic rings. The standard InChI is InChI=1S/C28H20FN3O3S/c29-22-10-18(27(33)32-12-28(13-32)14-34-15-28)1-4-20(22)17-2-5-23-21(9-17)25(7-8-30-23)35-19-3-6-26-24(11-19)31-16-36-26/h1-11,16H,12-15H2. The SMILES string of the molecule is O=C(c1ccc(-c2ccc3nccc(Oc4ccc5scnc5c4)c3c2)c(F)c1)N1CC2(COC2)C1. The van der Waals surface area contributed by atoms with Crippen LogP contribution in [0.2, 0.25) is 0 Å². The van der Waals surface area contributed by atoms with Gasteiger partial charge in [0.2, 0.25) is 0 Å². The summed E-state index contributed by atoms with van der Waals surface area (Å²) in [5.41, 5.74) is 5.00. The van der Waals surface area contributed by atoms with E-state index < -0.39 is 5.82 Å². The van der Waals surface area contributed by atoms with Crippen molar-refractivity contribution >= 4 is 38.4 Å². The van der Waals surface area contributed by atoms with Crippen LogP contribution in [0.5, 0.6) is 11.5 Å². The number of hydrogen-bond acceptors (Lipinski definition) is 6. The monoisotopic (exact) mass is 497 g/mol. The zero-order chi connectivity index (χ0) is 24.3. The Kier molecular flexibility index (Phi) is 4.80. The summed E-state index contributed by atoms with van der Waals surface area (Å²) in [6, 6.07) is 17.8. The lowest BCUT2D eigenvalue weighted by Gasteiger charge is -2.54. The van der Waals surface area contributed by atoms with Crippen molar-refractivity contribution in [2.45, 2.75) is 0 Å². The lowest BCUT2D eigenvalue weighted by molar-refractivity contribution is -0.176. The quantitative estimate of drug-likeness (QED) is 0.309. The molecule has 0 radical (unpaired) electrons. The molecular formula is C28H20FN3O3S. The Balaban J connectivity index is 1.18. The lowest BCUT2D eigenvalue weighted by Crippen LogP contribution is -2.67. The van der Waals surface area contributed by atoms with Crippen LogP contribution in [0.4, 0.5) is 4.39 Å². The number of likely N-dealkylation sites (tertiary alicyclic amines) is 1. The van der Waals surface area contributed by atoms with Crippen LogP contribution < -0.4 is 4.74 Å². The van der Waals surface area contributed by atoms with Gasteiger partial charge in [-0.3, -0.25) is 9.78 Å². The predicted octanol–water partition coefficient (Wildman–Crippen LogP) is 5.92. The van der Waals surface area contributed by atoms with Crippen molar-refractivity contribution in [1.82, 2.24) is 14.9 Å². The number of fused-ring (bicyclic) bond motifs is 2. The second-order valence-electron chi connectivity index (χ2n) is 9.47. The molecule has 0 aliphatic carbocycles. The summed E-state index contributed by atoms with van der Waals surface area (Å²) < 4.78 is 27.8. The fraction of sp³-hybridized carbons (Fsp3) is 0.179. The summed E-state index contributed by atoms with van der Waals surface area (Å²) in [5.74, 6) is 0.702. The summed E-state index contributed by atoms with van der Waals surface area (Å²) in [5, 5.41) is 0.765. The van der Waals surface area contributed by atoms with Gasteiger partial charge in [-0.2, -0.15) is 0 Å². The van der Waals surface area contributed by atoms with Crippen molar-refractivity contribution in [2.75, 3.05) is 26.3 Å². The molecule has 8 heteroatoms. The van der Waals surface area contributed by atoms with Gasteiger partial charge in [0.05, 0.1) is 39.9 Å². The third kappa shape index (κ3) is 3.53. The van der Waals surface area contributed by atoms with Crippen LogP contribution in [0.3, 0.4) is 0 Å². The second kappa shape index (κ2) is 8.08. The molecule has 0 atom stereocenters. The number of halogens is 1. The van der Waals surface area contributed by atoms with E-state index >= 15 is 4.39 Å². The number of carbonyl (C=O) groups is 1. The third-order valence-corrected chi connectivity index (χ3v) is 7.72. The van der Waals surface area contributed by atoms with Crippen LogP contribution in [0.1, 0.15) is 10.4 Å². The molecule has 1 amide bonds. The average Bonchev–Trinajstić information content (AvgIpc) is 3.30. The first-order valence-corrected chi connectivity index (χ1v) is 12.5. The van der Waals surface area contributed by atoms with Gasteiger partial charge in [0.25, 0.3) is 5.91 Å². The Morgan fingerprint density at radius 3 is 2.69 bits per heavy atom. The van der Waals surface area contributed by atoms with Crippen LogP contribution in [0.25, 0.3) is 32.2 Å². The Labute approximate surface area is 209 Å². The second-order valence-corrected chi connectivity index (χ2v) is 10.4. The molecule has 0 bridgehead atoms. The largest absolute Gasteiger partial charge is 0.457 e. The Hall–Kier alpha value is -3.88. The molecule has 36 heavy (non-hydrogen) atoms. The number of thiazole rings is 1. The Morgan fingerprint density at radius 1 is 1.00 bits per heavy atom. The summed E-state index contributed by atoms with van der Waals surface area (Å²) in [6.07, 6.45) is 1.69. The summed E-state index contributed by atoms with van der Waals surface area (Å²) in [6.45, 7) is 2.74. The van der Waals surface area contributed by atoms with Crippen molar-refractivity contribution in [3.05, 3.63) is 83.8 Å². The minimum atomic E-state index is -0.442. The Morgan fingerprint density at radius 2 is 1.89 bits per heavy atom. The van der Waals surface area contributed by atoms with E-state index in [4.69, 9.17) is 9.47 Å². The van der Waals surface area contributed by atoms with E-state index in [9.17, 15) is 4.79 Å². The van der Waals surface area contributed by atoms with Crippen LogP contribution in [0, 0.1) is 11.2 Å². The molecule has 178 valence electrons. The van der Waals surface area contributed by atoms with Gasteiger partial charge in [0, 0.05) is 41.9 Å². The highest BCUT2D eigenvalue weighted by Gasteiger charge is 2.50. The number of benzene rings is 3. The van der Waals surface area contributed by atoms with E-state index in [1.807, 2.05) is 36.4 Å². The first-order valence-electron chi connectivity index (χ1n) is 11.6. The Bertz CT molecular complexity index is 1660. The van der Waals surface area contributed by atoms with E-state index in [2.05, 4.69) is 9.97 Å². The fourth-order valence-corrected chi connectivity index (χ4v) is 5.61. The smallest absolute Gasteiger partial charge is 0.254 e.